The standard InChI is InChI=1S/C28H19NO3S/c30-26(19-10-3-1-4-11-19)27(20-12-5-2-6-13-20)32-28(31)22-18-24(25-16-9-17-33-25)29-23-15-8-7-14-21(22)23/h1-18,27H/t27-/m1/s1. The summed E-state index contributed by atoms with van der Waals surface area (Å²) in [5.41, 5.74) is 2.88. The smallest absolute Gasteiger partial charge is 0.339 e. The van der Waals surface area contributed by atoms with E-state index >= 15 is 0 Å². The molecule has 3 aromatic carbocycles. The molecule has 0 fully saturated rings. The summed E-state index contributed by atoms with van der Waals surface area (Å²) in [4.78, 5) is 32.5. The van der Waals surface area contributed by atoms with Gasteiger partial charge in [0.2, 0.25) is 5.78 Å². The summed E-state index contributed by atoms with van der Waals surface area (Å²) < 4.78 is 5.91. The molecular weight excluding hydrogens is 430 g/mol. The lowest BCUT2D eigenvalue weighted by atomic mass is 9.99. The molecule has 5 heteroatoms. The summed E-state index contributed by atoms with van der Waals surface area (Å²) >= 11 is 1.55. The Morgan fingerprint density at radius 1 is 0.788 bits per heavy atom. The molecule has 0 spiro atoms. The second-order valence-corrected chi connectivity index (χ2v) is 8.42. The number of ketones is 1. The predicted molar refractivity (Wildman–Crippen MR) is 130 cm³/mol. The van der Waals surface area contributed by atoms with E-state index in [9.17, 15) is 9.59 Å². The lowest BCUT2D eigenvalue weighted by molar-refractivity contribution is 0.0282. The van der Waals surface area contributed by atoms with E-state index in [-0.39, 0.29) is 5.78 Å². The third kappa shape index (κ3) is 4.31. The number of Topliss-reactive ketones (excluding diaryl/α,β-unsaturated/α-hetero) is 1. The molecule has 5 aromatic rings. The average Bonchev–Trinajstić information content (AvgIpc) is 3.42. The minimum absolute atomic E-state index is 0.271. The van der Waals surface area contributed by atoms with Gasteiger partial charge in [-0.15, -0.1) is 11.3 Å². The summed E-state index contributed by atoms with van der Waals surface area (Å²) in [6.45, 7) is 0. The molecule has 0 aliphatic heterocycles. The molecule has 1 atom stereocenters. The lowest BCUT2D eigenvalue weighted by Gasteiger charge is -2.18. The Balaban J connectivity index is 1.57. The van der Waals surface area contributed by atoms with Crippen LogP contribution >= 0.6 is 11.3 Å². The van der Waals surface area contributed by atoms with Gasteiger partial charge in [-0.25, -0.2) is 9.78 Å². The maximum atomic E-state index is 13.5. The Kier molecular flexibility index (Phi) is 5.79. The van der Waals surface area contributed by atoms with E-state index in [2.05, 4.69) is 0 Å². The van der Waals surface area contributed by atoms with Crippen LogP contribution in [0.4, 0.5) is 0 Å². The number of carbonyl (C=O) groups excluding carboxylic acids is 2. The predicted octanol–water partition coefficient (Wildman–Crippen LogP) is 6.74. The van der Waals surface area contributed by atoms with Gasteiger partial charge in [-0.3, -0.25) is 4.79 Å². The van der Waals surface area contributed by atoms with Crippen LogP contribution in [0.15, 0.2) is 109 Å². The van der Waals surface area contributed by atoms with Crippen molar-refractivity contribution < 1.29 is 14.3 Å². The maximum absolute atomic E-state index is 13.5. The van der Waals surface area contributed by atoms with Crippen LogP contribution in [0.25, 0.3) is 21.5 Å². The zero-order valence-corrected chi connectivity index (χ0v) is 18.4. The highest BCUT2D eigenvalue weighted by Gasteiger charge is 2.27. The molecule has 0 amide bonds. The summed E-state index contributed by atoms with van der Waals surface area (Å²) in [5, 5.41) is 2.65. The minimum Gasteiger partial charge on any atom is -0.445 e. The molecule has 4 nitrogen and oxygen atoms in total. The van der Waals surface area contributed by atoms with Gasteiger partial charge in [-0.1, -0.05) is 84.9 Å². The second-order valence-electron chi connectivity index (χ2n) is 7.48. The highest BCUT2D eigenvalue weighted by Crippen LogP contribution is 2.30. The third-order valence-corrected chi connectivity index (χ3v) is 6.23. The summed E-state index contributed by atoms with van der Waals surface area (Å²) in [7, 11) is 0. The van der Waals surface area contributed by atoms with E-state index in [1.54, 1.807) is 53.8 Å². The summed E-state index contributed by atoms with van der Waals surface area (Å²) in [6, 6.07) is 31.1. The number of para-hydroxylation sites is 1. The fourth-order valence-electron chi connectivity index (χ4n) is 3.72. The van der Waals surface area contributed by atoms with Crippen LogP contribution < -0.4 is 0 Å². The number of benzene rings is 3. The van der Waals surface area contributed by atoms with E-state index in [0.29, 0.717) is 33.3 Å². The molecule has 0 aliphatic rings. The van der Waals surface area contributed by atoms with Crippen molar-refractivity contribution >= 4 is 34.0 Å². The number of hydrogen-bond donors (Lipinski definition) is 0. The Bertz CT molecular complexity index is 1410. The van der Waals surface area contributed by atoms with Crippen molar-refractivity contribution in [1.29, 1.82) is 0 Å². The number of rotatable bonds is 6. The largest absolute Gasteiger partial charge is 0.445 e. The average molecular weight is 450 g/mol. The Labute approximate surface area is 195 Å². The van der Waals surface area contributed by atoms with Crippen LogP contribution in [0.1, 0.15) is 32.4 Å². The van der Waals surface area contributed by atoms with E-state index in [4.69, 9.17) is 9.72 Å². The molecule has 0 bridgehead atoms. The first kappa shape index (κ1) is 20.8. The highest BCUT2D eigenvalue weighted by molar-refractivity contribution is 7.13. The molecule has 0 aliphatic carbocycles. The quantitative estimate of drug-likeness (QED) is 0.213. The molecule has 33 heavy (non-hydrogen) atoms. The summed E-state index contributed by atoms with van der Waals surface area (Å²) in [6.07, 6.45) is -1.06. The van der Waals surface area contributed by atoms with Crippen molar-refractivity contribution in [2.75, 3.05) is 0 Å². The SMILES string of the molecule is O=C(O[C@@H](C(=O)c1ccccc1)c1ccccc1)c1cc(-c2cccs2)nc2ccccc12. The second kappa shape index (κ2) is 9.18. The topological polar surface area (TPSA) is 56.3 Å². The molecule has 160 valence electrons. The van der Waals surface area contributed by atoms with Gasteiger partial charge in [0.15, 0.2) is 6.10 Å². The van der Waals surface area contributed by atoms with Crippen LogP contribution in [0, 0.1) is 0 Å². The number of aromatic nitrogens is 1. The molecule has 0 radical (unpaired) electrons. The fraction of sp³-hybridized carbons (Fsp3) is 0.0357. The molecule has 2 aromatic heterocycles. The lowest BCUT2D eigenvalue weighted by Crippen LogP contribution is -2.20. The first-order valence-corrected chi connectivity index (χ1v) is 11.4. The molecule has 5 rings (SSSR count). The number of carbonyl (C=O) groups is 2. The first-order chi connectivity index (χ1) is 16.2. The molecule has 0 N–H and O–H groups in total. The van der Waals surface area contributed by atoms with E-state index in [0.717, 1.165) is 4.88 Å². The van der Waals surface area contributed by atoms with Crippen molar-refractivity contribution in [2.24, 2.45) is 0 Å². The van der Waals surface area contributed by atoms with Crippen LogP contribution in [0.2, 0.25) is 0 Å². The van der Waals surface area contributed by atoms with Gasteiger partial charge in [0.25, 0.3) is 0 Å². The van der Waals surface area contributed by atoms with Crippen LogP contribution in [0.3, 0.4) is 0 Å². The Hall–Kier alpha value is -4.09. The van der Waals surface area contributed by atoms with Crippen LogP contribution in [-0.2, 0) is 4.74 Å². The number of thiophene rings is 1. The van der Waals surface area contributed by atoms with Gasteiger partial charge < -0.3 is 4.74 Å². The number of pyridine rings is 1. The minimum atomic E-state index is -1.06. The van der Waals surface area contributed by atoms with Gasteiger partial charge in [-0.2, -0.15) is 0 Å². The van der Waals surface area contributed by atoms with Crippen LogP contribution in [0.5, 0.6) is 0 Å². The zero-order valence-electron chi connectivity index (χ0n) is 17.5. The van der Waals surface area contributed by atoms with Crippen molar-refractivity contribution in [3.05, 3.63) is 125 Å². The zero-order chi connectivity index (χ0) is 22.6. The van der Waals surface area contributed by atoms with Gasteiger partial charge >= 0.3 is 5.97 Å². The van der Waals surface area contributed by atoms with Crippen LogP contribution in [-0.4, -0.2) is 16.7 Å². The Morgan fingerprint density at radius 2 is 1.48 bits per heavy atom. The normalized spacial score (nSPS) is 11.8. The third-order valence-electron chi connectivity index (χ3n) is 5.33. The first-order valence-electron chi connectivity index (χ1n) is 10.5. The molecule has 0 unspecified atom stereocenters. The van der Waals surface area contributed by atoms with Gasteiger partial charge in [0.05, 0.1) is 21.7 Å². The molecule has 0 saturated heterocycles. The van der Waals surface area contributed by atoms with Crippen molar-refractivity contribution in [1.82, 2.24) is 4.98 Å². The van der Waals surface area contributed by atoms with Gasteiger partial charge in [-0.05, 0) is 23.6 Å². The van der Waals surface area contributed by atoms with E-state index in [1.807, 2.05) is 66.0 Å². The van der Waals surface area contributed by atoms with Crippen molar-refractivity contribution in [3.8, 4) is 10.6 Å². The maximum Gasteiger partial charge on any atom is 0.339 e. The number of nitrogens with zero attached hydrogens (tertiary/aromatic N) is 1. The van der Waals surface area contributed by atoms with E-state index in [1.165, 1.54) is 0 Å². The Morgan fingerprint density at radius 3 is 2.21 bits per heavy atom. The molecule has 2 heterocycles. The number of hydrogen-bond acceptors (Lipinski definition) is 5. The number of esters is 1. The van der Waals surface area contributed by atoms with Gasteiger partial charge in [0.1, 0.15) is 0 Å². The monoisotopic (exact) mass is 449 g/mol. The van der Waals surface area contributed by atoms with Crippen molar-refractivity contribution in [2.45, 2.75) is 6.10 Å². The van der Waals surface area contributed by atoms with E-state index < -0.39 is 12.1 Å². The highest BCUT2D eigenvalue weighted by atomic mass is 32.1. The number of ether oxygens (including phenoxy) is 1. The molecule has 0 saturated carbocycles. The fourth-order valence-corrected chi connectivity index (χ4v) is 4.41. The van der Waals surface area contributed by atoms with Gasteiger partial charge in [0, 0.05) is 16.5 Å². The summed E-state index contributed by atoms with van der Waals surface area (Å²) in [5.74, 6) is -0.837. The van der Waals surface area contributed by atoms with Crippen molar-refractivity contribution in [3.63, 3.8) is 0 Å². The molecular formula is C28H19NO3S. The number of fused-ring (bicyclic) bond motifs is 1.